The number of pyridine rings is 1. The average Bonchev–Trinajstić information content (AvgIpc) is 2.74. The molecule has 28 heavy (non-hydrogen) atoms. The molecule has 6 nitrogen and oxygen atoms in total. The lowest BCUT2D eigenvalue weighted by atomic mass is 9.96. The van der Waals surface area contributed by atoms with Crippen LogP contribution in [-0.4, -0.2) is 47.9 Å². The lowest BCUT2D eigenvalue weighted by Crippen LogP contribution is -2.45. The number of para-hydroxylation sites is 1. The number of amides is 2. The van der Waals surface area contributed by atoms with Crippen molar-refractivity contribution >= 4 is 23.3 Å². The Bertz CT molecular complexity index is 787. The summed E-state index contributed by atoms with van der Waals surface area (Å²) in [6, 6.07) is 15.1. The fourth-order valence-electron chi connectivity index (χ4n) is 3.38. The highest BCUT2D eigenvalue weighted by atomic mass is 16.2. The van der Waals surface area contributed by atoms with Gasteiger partial charge in [-0.05, 0) is 50.2 Å². The van der Waals surface area contributed by atoms with Gasteiger partial charge < -0.3 is 10.2 Å². The Labute approximate surface area is 165 Å². The Balaban J connectivity index is 1.51. The standard InChI is InChI=1S/C22H26N4O2/c1-2-14-26(19-8-4-3-5-9-19)21(27)17-25-15-11-18(12-16-25)22(28)24-20-10-6-7-13-23-20/h2-10,13,18H,1,11-12,14-17H2,(H,23,24,28). The van der Waals surface area contributed by atoms with Gasteiger partial charge in [-0.2, -0.15) is 0 Å². The number of hydrogen-bond donors (Lipinski definition) is 1. The van der Waals surface area contributed by atoms with Gasteiger partial charge in [0.1, 0.15) is 5.82 Å². The molecule has 0 spiro atoms. The molecule has 6 heteroatoms. The Hall–Kier alpha value is -2.99. The number of carbonyl (C=O) groups excluding carboxylic acids is 2. The van der Waals surface area contributed by atoms with Gasteiger partial charge >= 0.3 is 0 Å². The van der Waals surface area contributed by atoms with Gasteiger partial charge in [-0.15, -0.1) is 6.58 Å². The van der Waals surface area contributed by atoms with E-state index in [1.54, 1.807) is 23.2 Å². The first-order chi connectivity index (χ1) is 13.7. The van der Waals surface area contributed by atoms with E-state index in [0.29, 0.717) is 18.9 Å². The Morgan fingerprint density at radius 2 is 1.86 bits per heavy atom. The van der Waals surface area contributed by atoms with Crippen molar-refractivity contribution in [3.8, 4) is 0 Å². The Morgan fingerprint density at radius 3 is 2.50 bits per heavy atom. The number of nitrogens with zero attached hydrogens (tertiary/aromatic N) is 3. The molecular weight excluding hydrogens is 352 g/mol. The monoisotopic (exact) mass is 378 g/mol. The molecule has 0 saturated carbocycles. The van der Waals surface area contributed by atoms with E-state index in [-0.39, 0.29) is 17.7 Å². The van der Waals surface area contributed by atoms with Crippen LogP contribution in [-0.2, 0) is 9.59 Å². The van der Waals surface area contributed by atoms with Crippen molar-refractivity contribution in [1.82, 2.24) is 9.88 Å². The third-order valence-corrected chi connectivity index (χ3v) is 4.91. The largest absolute Gasteiger partial charge is 0.310 e. The van der Waals surface area contributed by atoms with E-state index in [1.807, 2.05) is 42.5 Å². The van der Waals surface area contributed by atoms with E-state index in [0.717, 1.165) is 31.6 Å². The number of anilines is 2. The first kappa shape index (κ1) is 19.8. The molecule has 0 radical (unpaired) electrons. The maximum atomic E-state index is 12.8. The molecule has 1 aromatic carbocycles. The normalized spacial score (nSPS) is 15.0. The molecule has 1 saturated heterocycles. The van der Waals surface area contributed by atoms with Crippen LogP contribution in [0.2, 0.25) is 0 Å². The van der Waals surface area contributed by atoms with Gasteiger partial charge in [0, 0.05) is 24.3 Å². The van der Waals surface area contributed by atoms with Crippen molar-refractivity contribution in [3.63, 3.8) is 0 Å². The van der Waals surface area contributed by atoms with Crippen molar-refractivity contribution in [2.75, 3.05) is 36.4 Å². The van der Waals surface area contributed by atoms with Gasteiger partial charge in [-0.3, -0.25) is 14.5 Å². The topological polar surface area (TPSA) is 65.5 Å². The van der Waals surface area contributed by atoms with E-state index in [9.17, 15) is 9.59 Å². The average molecular weight is 378 g/mol. The number of hydrogen-bond acceptors (Lipinski definition) is 4. The molecule has 1 fully saturated rings. The second kappa shape index (κ2) is 9.80. The van der Waals surface area contributed by atoms with Crippen LogP contribution in [0, 0.1) is 5.92 Å². The summed E-state index contributed by atoms with van der Waals surface area (Å²) in [5.41, 5.74) is 0.872. The minimum atomic E-state index is -0.0493. The zero-order chi connectivity index (χ0) is 19.8. The quantitative estimate of drug-likeness (QED) is 0.753. The van der Waals surface area contributed by atoms with Gasteiger partial charge in [0.25, 0.3) is 0 Å². The van der Waals surface area contributed by atoms with Crippen LogP contribution in [0.25, 0.3) is 0 Å². The summed E-state index contributed by atoms with van der Waals surface area (Å²) in [5.74, 6) is 0.574. The first-order valence-electron chi connectivity index (χ1n) is 9.58. The zero-order valence-corrected chi connectivity index (χ0v) is 16.0. The van der Waals surface area contributed by atoms with Crippen molar-refractivity contribution in [2.45, 2.75) is 12.8 Å². The van der Waals surface area contributed by atoms with Crippen LogP contribution in [0.4, 0.5) is 11.5 Å². The minimum Gasteiger partial charge on any atom is -0.310 e. The van der Waals surface area contributed by atoms with Gasteiger partial charge in [-0.1, -0.05) is 30.3 Å². The second-order valence-electron chi connectivity index (χ2n) is 6.88. The second-order valence-corrected chi connectivity index (χ2v) is 6.88. The molecule has 0 bridgehead atoms. The smallest absolute Gasteiger partial charge is 0.241 e. The van der Waals surface area contributed by atoms with Crippen LogP contribution >= 0.6 is 0 Å². The molecule has 1 aliphatic rings. The highest BCUT2D eigenvalue weighted by molar-refractivity contribution is 5.95. The van der Waals surface area contributed by atoms with Crippen molar-refractivity contribution < 1.29 is 9.59 Å². The molecule has 2 amide bonds. The predicted molar refractivity (Wildman–Crippen MR) is 111 cm³/mol. The molecule has 0 aliphatic carbocycles. The maximum Gasteiger partial charge on any atom is 0.241 e. The molecule has 146 valence electrons. The summed E-state index contributed by atoms with van der Waals surface area (Å²) in [5, 5.41) is 2.87. The van der Waals surface area contributed by atoms with E-state index in [2.05, 4.69) is 21.8 Å². The van der Waals surface area contributed by atoms with Crippen molar-refractivity contribution in [1.29, 1.82) is 0 Å². The number of likely N-dealkylation sites (tertiary alicyclic amines) is 1. The maximum absolute atomic E-state index is 12.8. The van der Waals surface area contributed by atoms with Gasteiger partial charge in [-0.25, -0.2) is 4.98 Å². The number of piperidine rings is 1. The summed E-state index contributed by atoms with van der Waals surface area (Å²) in [7, 11) is 0. The zero-order valence-electron chi connectivity index (χ0n) is 16.0. The van der Waals surface area contributed by atoms with Crippen LogP contribution in [0.1, 0.15) is 12.8 Å². The molecule has 0 unspecified atom stereocenters. The minimum absolute atomic E-state index is 0.00208. The lowest BCUT2D eigenvalue weighted by molar-refractivity contribution is -0.122. The van der Waals surface area contributed by atoms with Crippen LogP contribution in [0.15, 0.2) is 67.4 Å². The van der Waals surface area contributed by atoms with Crippen LogP contribution < -0.4 is 10.2 Å². The molecule has 1 aromatic heterocycles. The Morgan fingerprint density at radius 1 is 1.14 bits per heavy atom. The first-order valence-corrected chi connectivity index (χ1v) is 9.58. The van der Waals surface area contributed by atoms with Crippen molar-refractivity contribution in [2.24, 2.45) is 5.92 Å². The van der Waals surface area contributed by atoms with E-state index in [4.69, 9.17) is 0 Å². The van der Waals surface area contributed by atoms with Gasteiger partial charge in [0.15, 0.2) is 0 Å². The lowest BCUT2D eigenvalue weighted by Gasteiger charge is -2.32. The summed E-state index contributed by atoms with van der Waals surface area (Å²) >= 11 is 0. The molecular formula is C22H26N4O2. The van der Waals surface area contributed by atoms with Crippen LogP contribution in [0.5, 0.6) is 0 Å². The third kappa shape index (κ3) is 5.27. The fourth-order valence-corrected chi connectivity index (χ4v) is 3.38. The number of benzene rings is 1. The van der Waals surface area contributed by atoms with E-state index in [1.165, 1.54) is 0 Å². The highest BCUT2D eigenvalue weighted by Gasteiger charge is 2.27. The third-order valence-electron chi connectivity index (χ3n) is 4.91. The van der Waals surface area contributed by atoms with E-state index >= 15 is 0 Å². The summed E-state index contributed by atoms with van der Waals surface area (Å²) < 4.78 is 0. The van der Waals surface area contributed by atoms with Gasteiger partial charge in [0.2, 0.25) is 11.8 Å². The fraction of sp³-hybridized carbons (Fsp3) is 0.318. The molecule has 3 rings (SSSR count). The molecule has 1 N–H and O–H groups in total. The molecule has 2 aromatic rings. The molecule has 2 heterocycles. The number of aromatic nitrogens is 1. The van der Waals surface area contributed by atoms with E-state index < -0.39 is 0 Å². The number of nitrogens with one attached hydrogen (secondary N) is 1. The van der Waals surface area contributed by atoms with Gasteiger partial charge in [0.05, 0.1) is 6.54 Å². The predicted octanol–water partition coefficient (Wildman–Crippen LogP) is 2.95. The van der Waals surface area contributed by atoms with Crippen molar-refractivity contribution in [3.05, 3.63) is 67.4 Å². The Kier molecular flexibility index (Phi) is 6.92. The summed E-state index contributed by atoms with van der Waals surface area (Å²) in [6.45, 7) is 6.03. The molecule has 0 atom stereocenters. The number of rotatable bonds is 7. The summed E-state index contributed by atoms with van der Waals surface area (Å²) in [6.07, 6.45) is 4.86. The summed E-state index contributed by atoms with van der Waals surface area (Å²) in [4.78, 5) is 33.2. The SMILES string of the molecule is C=CCN(C(=O)CN1CCC(C(=O)Nc2ccccn2)CC1)c1ccccc1. The molecule has 1 aliphatic heterocycles. The number of carbonyl (C=O) groups is 2. The highest BCUT2D eigenvalue weighted by Crippen LogP contribution is 2.20. The van der Waals surface area contributed by atoms with Crippen LogP contribution in [0.3, 0.4) is 0 Å².